The number of nitrogens with one attached hydrogen (secondary N) is 1. The van der Waals surface area contributed by atoms with Crippen LogP contribution in [0.25, 0.3) is 0 Å². The van der Waals surface area contributed by atoms with E-state index in [1.807, 2.05) is 0 Å². The van der Waals surface area contributed by atoms with Crippen LogP contribution in [0.1, 0.15) is 77.1 Å². The van der Waals surface area contributed by atoms with Crippen molar-refractivity contribution in [2.45, 2.75) is 84.6 Å². The molecule has 122 valence electrons. The summed E-state index contributed by atoms with van der Waals surface area (Å²) in [7, 11) is 2.08. The van der Waals surface area contributed by atoms with Crippen LogP contribution in [0.15, 0.2) is 6.07 Å². The van der Waals surface area contributed by atoms with Gasteiger partial charge >= 0.3 is 0 Å². The zero-order valence-corrected chi connectivity index (χ0v) is 14.6. The summed E-state index contributed by atoms with van der Waals surface area (Å²) < 4.78 is 2.07. The van der Waals surface area contributed by atoms with Gasteiger partial charge in [0, 0.05) is 25.2 Å². The molecular weight excluding hydrogens is 258 g/mol. The van der Waals surface area contributed by atoms with Gasteiger partial charge < -0.3 is 5.32 Å². The molecule has 0 aliphatic rings. The van der Waals surface area contributed by atoms with Crippen molar-refractivity contribution in [2.24, 2.45) is 7.05 Å². The van der Waals surface area contributed by atoms with Gasteiger partial charge in [0.2, 0.25) is 0 Å². The van der Waals surface area contributed by atoms with Gasteiger partial charge in [-0.3, -0.25) is 4.68 Å². The number of hydrogen-bond donors (Lipinski definition) is 1. The van der Waals surface area contributed by atoms with Crippen molar-refractivity contribution in [1.29, 1.82) is 0 Å². The van der Waals surface area contributed by atoms with Crippen molar-refractivity contribution in [2.75, 3.05) is 6.54 Å². The Labute approximate surface area is 131 Å². The van der Waals surface area contributed by atoms with E-state index in [4.69, 9.17) is 0 Å². The van der Waals surface area contributed by atoms with E-state index in [0.29, 0.717) is 6.04 Å². The average Bonchev–Trinajstić information content (AvgIpc) is 2.84. The fourth-order valence-electron chi connectivity index (χ4n) is 2.81. The predicted octanol–water partition coefficient (Wildman–Crippen LogP) is 4.25. The largest absolute Gasteiger partial charge is 0.314 e. The number of hydrogen-bond acceptors (Lipinski definition) is 2. The number of unbranched alkanes of at least 4 members (excludes halogenated alkanes) is 4. The van der Waals surface area contributed by atoms with Crippen LogP contribution in [-0.4, -0.2) is 22.4 Å². The highest BCUT2D eigenvalue weighted by Crippen LogP contribution is 2.13. The third-order valence-corrected chi connectivity index (χ3v) is 4.18. The fraction of sp³-hybridized carbons (Fsp3) is 0.833. The SMILES string of the molecule is CCCCCCCC(Cc1cc(CC)nn1C)NCCC. The average molecular weight is 293 g/mol. The van der Waals surface area contributed by atoms with E-state index in [2.05, 4.69) is 49.0 Å². The van der Waals surface area contributed by atoms with Gasteiger partial charge in [0.15, 0.2) is 0 Å². The molecule has 1 aromatic heterocycles. The summed E-state index contributed by atoms with van der Waals surface area (Å²) in [5.74, 6) is 0. The van der Waals surface area contributed by atoms with Crippen molar-refractivity contribution < 1.29 is 0 Å². The zero-order chi connectivity index (χ0) is 15.5. The molecule has 0 saturated carbocycles. The molecule has 0 bridgehead atoms. The van der Waals surface area contributed by atoms with Crippen LogP contribution in [0.2, 0.25) is 0 Å². The molecule has 0 aromatic carbocycles. The summed E-state index contributed by atoms with van der Waals surface area (Å²) in [4.78, 5) is 0. The molecule has 1 unspecified atom stereocenters. The summed E-state index contributed by atoms with van der Waals surface area (Å²) >= 11 is 0. The lowest BCUT2D eigenvalue weighted by Crippen LogP contribution is -2.32. The lowest BCUT2D eigenvalue weighted by Gasteiger charge is -2.18. The third-order valence-electron chi connectivity index (χ3n) is 4.18. The second kappa shape index (κ2) is 10.8. The van der Waals surface area contributed by atoms with Crippen molar-refractivity contribution in [3.63, 3.8) is 0 Å². The van der Waals surface area contributed by atoms with Gasteiger partial charge in [-0.05, 0) is 31.9 Å². The zero-order valence-electron chi connectivity index (χ0n) is 14.6. The molecule has 1 heterocycles. The van der Waals surface area contributed by atoms with Crippen LogP contribution in [0.5, 0.6) is 0 Å². The molecule has 1 aromatic rings. The topological polar surface area (TPSA) is 29.9 Å². The molecule has 3 nitrogen and oxygen atoms in total. The molecule has 1 N–H and O–H groups in total. The highest BCUT2D eigenvalue weighted by atomic mass is 15.3. The van der Waals surface area contributed by atoms with Gasteiger partial charge in [-0.25, -0.2) is 0 Å². The number of nitrogens with zero attached hydrogens (tertiary/aromatic N) is 2. The minimum atomic E-state index is 0.603. The summed E-state index contributed by atoms with van der Waals surface area (Å²) in [6, 6.07) is 2.88. The van der Waals surface area contributed by atoms with E-state index in [-0.39, 0.29) is 0 Å². The van der Waals surface area contributed by atoms with Crippen LogP contribution in [-0.2, 0) is 19.9 Å². The minimum absolute atomic E-state index is 0.603. The molecule has 0 amide bonds. The highest BCUT2D eigenvalue weighted by molar-refractivity contribution is 5.11. The van der Waals surface area contributed by atoms with E-state index in [1.165, 1.54) is 56.3 Å². The first-order valence-electron chi connectivity index (χ1n) is 8.96. The van der Waals surface area contributed by atoms with Gasteiger partial charge in [-0.2, -0.15) is 5.10 Å². The maximum absolute atomic E-state index is 4.57. The van der Waals surface area contributed by atoms with Crippen LogP contribution in [0.3, 0.4) is 0 Å². The van der Waals surface area contributed by atoms with Crippen LogP contribution in [0, 0.1) is 0 Å². The van der Waals surface area contributed by atoms with Crippen LogP contribution in [0.4, 0.5) is 0 Å². The number of aryl methyl sites for hydroxylation is 2. The number of rotatable bonds is 12. The summed E-state index contributed by atoms with van der Waals surface area (Å²) in [5, 5.41) is 8.29. The van der Waals surface area contributed by atoms with Gasteiger partial charge in [0.05, 0.1) is 5.69 Å². The highest BCUT2D eigenvalue weighted by Gasteiger charge is 2.12. The monoisotopic (exact) mass is 293 g/mol. The van der Waals surface area contributed by atoms with Crippen molar-refractivity contribution in [3.8, 4) is 0 Å². The Kier molecular flexibility index (Phi) is 9.40. The summed E-state index contributed by atoms with van der Waals surface area (Å²) in [5.41, 5.74) is 2.58. The quantitative estimate of drug-likeness (QED) is 0.584. The maximum Gasteiger partial charge on any atom is 0.0624 e. The normalized spacial score (nSPS) is 12.8. The number of aromatic nitrogens is 2. The van der Waals surface area contributed by atoms with E-state index in [9.17, 15) is 0 Å². The van der Waals surface area contributed by atoms with E-state index in [1.54, 1.807) is 0 Å². The van der Waals surface area contributed by atoms with Gasteiger partial charge in [-0.1, -0.05) is 52.9 Å². The molecule has 1 atom stereocenters. The molecule has 0 fully saturated rings. The Balaban J connectivity index is 2.45. The van der Waals surface area contributed by atoms with Crippen LogP contribution >= 0.6 is 0 Å². The molecule has 0 aliphatic heterocycles. The lowest BCUT2D eigenvalue weighted by atomic mass is 10.0. The standard InChI is InChI=1S/C18H35N3/c1-5-8-9-10-11-12-17(19-13-6-2)15-18-14-16(7-3)20-21(18)4/h14,17,19H,5-13,15H2,1-4H3. The van der Waals surface area contributed by atoms with E-state index >= 15 is 0 Å². The predicted molar refractivity (Wildman–Crippen MR) is 91.7 cm³/mol. The Morgan fingerprint density at radius 1 is 1.10 bits per heavy atom. The molecule has 0 radical (unpaired) electrons. The first-order valence-corrected chi connectivity index (χ1v) is 8.96. The molecule has 3 heteroatoms. The lowest BCUT2D eigenvalue weighted by molar-refractivity contribution is 0.442. The van der Waals surface area contributed by atoms with E-state index < -0.39 is 0 Å². The fourth-order valence-corrected chi connectivity index (χ4v) is 2.81. The Morgan fingerprint density at radius 2 is 1.86 bits per heavy atom. The molecule has 0 saturated heterocycles. The first-order chi connectivity index (χ1) is 10.2. The summed E-state index contributed by atoms with van der Waals surface area (Å²) in [6.45, 7) is 7.81. The van der Waals surface area contributed by atoms with Crippen molar-refractivity contribution >= 4 is 0 Å². The van der Waals surface area contributed by atoms with Crippen LogP contribution < -0.4 is 5.32 Å². The molecule has 21 heavy (non-hydrogen) atoms. The van der Waals surface area contributed by atoms with Crippen molar-refractivity contribution in [3.05, 3.63) is 17.5 Å². The molecule has 0 aliphatic carbocycles. The van der Waals surface area contributed by atoms with Gasteiger partial charge in [0.1, 0.15) is 0 Å². The Hall–Kier alpha value is -0.830. The molecular formula is C18H35N3. The molecule has 0 spiro atoms. The first kappa shape index (κ1) is 18.2. The third kappa shape index (κ3) is 7.12. The Bertz CT molecular complexity index is 371. The minimum Gasteiger partial charge on any atom is -0.314 e. The Morgan fingerprint density at radius 3 is 2.48 bits per heavy atom. The second-order valence-electron chi connectivity index (χ2n) is 6.16. The second-order valence-corrected chi connectivity index (χ2v) is 6.16. The van der Waals surface area contributed by atoms with Gasteiger partial charge in [0.25, 0.3) is 0 Å². The molecule has 1 rings (SSSR count). The maximum atomic E-state index is 4.57. The van der Waals surface area contributed by atoms with Gasteiger partial charge in [-0.15, -0.1) is 0 Å². The summed E-state index contributed by atoms with van der Waals surface area (Å²) in [6.07, 6.45) is 11.5. The smallest absolute Gasteiger partial charge is 0.0624 e. The van der Waals surface area contributed by atoms with E-state index in [0.717, 1.165) is 19.4 Å². The van der Waals surface area contributed by atoms with Crippen molar-refractivity contribution in [1.82, 2.24) is 15.1 Å².